The van der Waals surface area contributed by atoms with Crippen LogP contribution >= 0.6 is 0 Å². The third kappa shape index (κ3) is 6.26. The summed E-state index contributed by atoms with van der Waals surface area (Å²) in [4.78, 5) is 45.1. The number of hydrogen-bond acceptors (Lipinski definition) is 6. The maximum absolute atomic E-state index is 12.8. The number of rotatable bonds is 13. The maximum Gasteiger partial charge on any atom is 0.330 e. The number of unbranched alkanes of at least 4 members (excludes halogenated alkanes) is 3. The Hall–Kier alpha value is -3.68. The van der Waals surface area contributed by atoms with E-state index in [-0.39, 0.29) is 12.3 Å². The molecule has 0 saturated heterocycles. The second kappa shape index (κ2) is 12.1. The molecule has 3 rings (SSSR count). The Bertz CT molecular complexity index is 1320. The smallest absolute Gasteiger partial charge is 0.322 e. The monoisotopic (exact) mass is 482 g/mol. The van der Waals surface area contributed by atoms with E-state index in [4.69, 9.17) is 5.26 Å². The van der Waals surface area contributed by atoms with Crippen LogP contribution < -0.4 is 16.6 Å². The molecule has 0 radical (unpaired) electrons. The predicted molar refractivity (Wildman–Crippen MR) is 133 cm³/mol. The first-order chi connectivity index (χ1) is 16.9. The number of carbonyl (C=O) groups excluding carboxylic acids is 1. The number of aryl methyl sites for hydroxylation is 5. The van der Waals surface area contributed by atoms with Crippen molar-refractivity contribution in [2.75, 3.05) is 5.32 Å². The average molecular weight is 483 g/mol. The quantitative estimate of drug-likeness (QED) is 0.359. The highest BCUT2D eigenvalue weighted by atomic mass is 16.2. The van der Waals surface area contributed by atoms with Crippen LogP contribution in [0.25, 0.3) is 11.2 Å². The van der Waals surface area contributed by atoms with Crippen molar-refractivity contribution in [3.63, 3.8) is 0 Å². The molecule has 0 aromatic carbocycles. The molecule has 35 heavy (non-hydrogen) atoms. The summed E-state index contributed by atoms with van der Waals surface area (Å²) in [5.74, 6) is 0.943. The van der Waals surface area contributed by atoms with Gasteiger partial charge in [-0.1, -0.05) is 33.1 Å². The third-order valence-corrected chi connectivity index (χ3v) is 5.87. The van der Waals surface area contributed by atoms with Gasteiger partial charge in [0.2, 0.25) is 5.91 Å². The SMILES string of the molecule is CCCCCn1c(CCC(=O)Nc2cc(C)nn2CCC#N)nc2c1c(=O)[nH]c(=O)n2CCCC. The Morgan fingerprint density at radius 2 is 1.86 bits per heavy atom. The number of nitrogens with zero attached hydrogens (tertiary/aromatic N) is 6. The summed E-state index contributed by atoms with van der Waals surface area (Å²) in [7, 11) is 0. The molecule has 0 aliphatic heterocycles. The van der Waals surface area contributed by atoms with Gasteiger partial charge in [-0.25, -0.2) is 14.5 Å². The van der Waals surface area contributed by atoms with Crippen LogP contribution in [0.3, 0.4) is 0 Å². The molecule has 0 unspecified atom stereocenters. The van der Waals surface area contributed by atoms with Gasteiger partial charge < -0.3 is 9.88 Å². The maximum atomic E-state index is 12.8. The average Bonchev–Trinajstić information content (AvgIpc) is 3.36. The summed E-state index contributed by atoms with van der Waals surface area (Å²) in [6.45, 7) is 7.43. The first kappa shape index (κ1) is 25.9. The van der Waals surface area contributed by atoms with Gasteiger partial charge in [-0.15, -0.1) is 0 Å². The number of nitriles is 1. The number of aromatic nitrogens is 6. The Labute approximate surface area is 203 Å². The highest BCUT2D eigenvalue weighted by Gasteiger charge is 2.19. The number of hydrogen-bond donors (Lipinski definition) is 2. The first-order valence-electron chi connectivity index (χ1n) is 12.3. The van der Waals surface area contributed by atoms with E-state index in [2.05, 4.69) is 33.4 Å². The van der Waals surface area contributed by atoms with Gasteiger partial charge in [0, 0.05) is 32.0 Å². The number of fused-ring (bicyclic) bond motifs is 1. The predicted octanol–water partition coefficient (Wildman–Crippen LogP) is 2.87. The van der Waals surface area contributed by atoms with Crippen LogP contribution in [-0.4, -0.2) is 34.8 Å². The van der Waals surface area contributed by atoms with Gasteiger partial charge in [-0.2, -0.15) is 10.4 Å². The molecule has 0 fully saturated rings. The summed E-state index contributed by atoms with van der Waals surface area (Å²) in [5.41, 5.74) is 0.607. The Morgan fingerprint density at radius 1 is 1.11 bits per heavy atom. The molecule has 11 heteroatoms. The lowest BCUT2D eigenvalue weighted by atomic mass is 10.2. The van der Waals surface area contributed by atoms with Gasteiger partial charge in [-0.05, 0) is 19.8 Å². The summed E-state index contributed by atoms with van der Waals surface area (Å²) >= 11 is 0. The highest BCUT2D eigenvalue weighted by Crippen LogP contribution is 2.17. The van der Waals surface area contributed by atoms with E-state index in [0.717, 1.165) is 37.8 Å². The zero-order chi connectivity index (χ0) is 25.4. The zero-order valence-corrected chi connectivity index (χ0v) is 20.8. The molecule has 0 atom stereocenters. The van der Waals surface area contributed by atoms with Gasteiger partial charge in [-0.3, -0.25) is 19.1 Å². The molecule has 0 aliphatic carbocycles. The molecule has 0 bridgehead atoms. The normalized spacial score (nSPS) is 11.1. The van der Waals surface area contributed by atoms with E-state index < -0.39 is 11.2 Å². The van der Waals surface area contributed by atoms with Crippen molar-refractivity contribution >= 4 is 22.9 Å². The van der Waals surface area contributed by atoms with Crippen LogP contribution in [0, 0.1) is 18.3 Å². The van der Waals surface area contributed by atoms with E-state index in [0.29, 0.717) is 55.3 Å². The standard InChI is InChI=1S/C24H34N8O3/c1-4-6-8-14-30-18(27-22-21(30)23(34)28-24(35)31(22)13-7-5-2)10-11-20(33)26-19-16-17(3)29-32(19)15-9-12-25/h16H,4-11,13-15H2,1-3H3,(H,26,33)(H,28,34,35). The van der Waals surface area contributed by atoms with Crippen molar-refractivity contribution in [2.24, 2.45) is 0 Å². The number of anilines is 1. The topological polar surface area (TPSA) is 143 Å². The molecular weight excluding hydrogens is 448 g/mol. The van der Waals surface area contributed by atoms with Gasteiger partial charge in [0.15, 0.2) is 11.2 Å². The summed E-state index contributed by atoms with van der Waals surface area (Å²) in [6.07, 6.45) is 5.35. The Morgan fingerprint density at radius 3 is 2.57 bits per heavy atom. The molecule has 2 N–H and O–H groups in total. The Kier molecular flexibility index (Phi) is 9.00. The molecule has 1 amide bonds. The van der Waals surface area contributed by atoms with Crippen LogP contribution in [0.5, 0.6) is 0 Å². The zero-order valence-electron chi connectivity index (χ0n) is 20.8. The van der Waals surface area contributed by atoms with Gasteiger partial charge in [0.05, 0.1) is 24.7 Å². The summed E-state index contributed by atoms with van der Waals surface area (Å²) < 4.78 is 5.00. The van der Waals surface area contributed by atoms with Gasteiger partial charge in [0.25, 0.3) is 5.56 Å². The van der Waals surface area contributed by atoms with E-state index in [1.165, 1.54) is 4.57 Å². The lowest BCUT2D eigenvalue weighted by Gasteiger charge is -2.10. The number of amides is 1. The van der Waals surface area contributed by atoms with Crippen LogP contribution in [0.2, 0.25) is 0 Å². The fraction of sp³-hybridized carbons (Fsp3) is 0.583. The molecule has 188 valence electrons. The van der Waals surface area contributed by atoms with E-state index in [1.54, 1.807) is 10.7 Å². The Balaban J connectivity index is 1.87. The molecule has 0 spiro atoms. The van der Waals surface area contributed by atoms with E-state index in [1.807, 2.05) is 18.4 Å². The molecule has 3 aromatic rings. The lowest BCUT2D eigenvalue weighted by molar-refractivity contribution is -0.116. The van der Waals surface area contributed by atoms with Crippen molar-refractivity contribution in [3.05, 3.63) is 38.4 Å². The van der Waals surface area contributed by atoms with Gasteiger partial charge >= 0.3 is 5.69 Å². The molecule has 3 aromatic heterocycles. The number of carbonyl (C=O) groups is 1. The summed E-state index contributed by atoms with van der Waals surface area (Å²) in [5, 5.41) is 16.0. The molecular formula is C24H34N8O3. The van der Waals surface area contributed by atoms with Crippen molar-refractivity contribution in [3.8, 4) is 6.07 Å². The second-order valence-corrected chi connectivity index (χ2v) is 8.67. The molecule has 11 nitrogen and oxygen atoms in total. The van der Waals surface area contributed by atoms with Crippen LogP contribution in [0.1, 0.15) is 70.3 Å². The third-order valence-electron chi connectivity index (χ3n) is 5.87. The second-order valence-electron chi connectivity index (χ2n) is 8.67. The summed E-state index contributed by atoms with van der Waals surface area (Å²) in [6, 6.07) is 3.85. The molecule has 0 saturated carbocycles. The van der Waals surface area contributed by atoms with Crippen molar-refractivity contribution in [2.45, 2.75) is 91.8 Å². The van der Waals surface area contributed by atoms with Gasteiger partial charge in [0.1, 0.15) is 11.6 Å². The first-order valence-corrected chi connectivity index (χ1v) is 12.3. The lowest BCUT2D eigenvalue weighted by Crippen LogP contribution is -2.31. The van der Waals surface area contributed by atoms with E-state index >= 15 is 0 Å². The highest BCUT2D eigenvalue weighted by molar-refractivity contribution is 5.90. The largest absolute Gasteiger partial charge is 0.330 e. The fourth-order valence-corrected chi connectivity index (χ4v) is 4.10. The van der Waals surface area contributed by atoms with Crippen molar-refractivity contribution in [1.82, 2.24) is 28.9 Å². The number of imidazole rings is 1. The fourth-order valence-electron chi connectivity index (χ4n) is 4.10. The molecule has 3 heterocycles. The van der Waals surface area contributed by atoms with Crippen LogP contribution in [-0.2, 0) is 30.8 Å². The minimum absolute atomic E-state index is 0.149. The number of nitrogens with one attached hydrogen (secondary N) is 2. The minimum Gasteiger partial charge on any atom is -0.322 e. The van der Waals surface area contributed by atoms with Crippen LogP contribution in [0.15, 0.2) is 15.7 Å². The molecule has 0 aliphatic rings. The van der Waals surface area contributed by atoms with E-state index in [9.17, 15) is 14.4 Å². The van der Waals surface area contributed by atoms with Crippen LogP contribution in [0.4, 0.5) is 5.82 Å². The van der Waals surface area contributed by atoms with Crippen molar-refractivity contribution < 1.29 is 4.79 Å². The van der Waals surface area contributed by atoms with Crippen molar-refractivity contribution in [1.29, 1.82) is 5.26 Å². The number of H-pyrrole nitrogens is 1. The minimum atomic E-state index is -0.459. The number of aromatic amines is 1.